The number of piperazine rings is 1. The van der Waals surface area contributed by atoms with E-state index in [2.05, 4.69) is 37.3 Å². The van der Waals surface area contributed by atoms with Crippen LogP contribution < -0.4 is 10.2 Å². The minimum Gasteiger partial charge on any atom is -0.465 e. The summed E-state index contributed by atoms with van der Waals surface area (Å²) in [6.45, 7) is 3.60. The van der Waals surface area contributed by atoms with Crippen molar-refractivity contribution in [3.05, 3.63) is 35.0 Å². The highest BCUT2D eigenvalue weighted by Crippen LogP contribution is 2.26. The van der Waals surface area contributed by atoms with Crippen molar-refractivity contribution in [1.82, 2.24) is 20.1 Å². The summed E-state index contributed by atoms with van der Waals surface area (Å²) in [5.41, 5.74) is 0.949. The summed E-state index contributed by atoms with van der Waals surface area (Å²) in [6.07, 6.45) is 1.51. The van der Waals surface area contributed by atoms with Gasteiger partial charge in [-0.05, 0) is 25.2 Å². The lowest BCUT2D eigenvalue weighted by molar-refractivity contribution is 0.0601. The first-order valence-corrected chi connectivity index (χ1v) is 8.22. The van der Waals surface area contributed by atoms with E-state index in [1.807, 2.05) is 0 Å². The van der Waals surface area contributed by atoms with Crippen LogP contribution in [0.15, 0.2) is 24.4 Å². The van der Waals surface area contributed by atoms with Gasteiger partial charge in [-0.3, -0.25) is 0 Å². The van der Waals surface area contributed by atoms with Crippen molar-refractivity contribution >= 4 is 35.0 Å². The lowest BCUT2D eigenvalue weighted by Crippen LogP contribution is -2.45. The van der Waals surface area contributed by atoms with Crippen molar-refractivity contribution in [1.29, 1.82) is 0 Å². The summed E-state index contributed by atoms with van der Waals surface area (Å²) in [7, 11) is 3.42. The number of hydrogen-bond acceptors (Lipinski definition) is 8. The molecule has 0 amide bonds. The van der Waals surface area contributed by atoms with Gasteiger partial charge in [-0.25, -0.2) is 4.79 Å². The zero-order valence-electron chi connectivity index (χ0n) is 14.1. The molecule has 2 aromatic rings. The van der Waals surface area contributed by atoms with Crippen LogP contribution in [-0.4, -0.2) is 66.4 Å². The smallest absolute Gasteiger partial charge is 0.337 e. The molecule has 8 nitrogen and oxygen atoms in total. The second kappa shape index (κ2) is 7.62. The molecule has 0 aliphatic carbocycles. The van der Waals surface area contributed by atoms with Gasteiger partial charge in [-0.1, -0.05) is 11.6 Å². The molecule has 0 spiro atoms. The van der Waals surface area contributed by atoms with Crippen molar-refractivity contribution in [3.63, 3.8) is 0 Å². The molecule has 1 aromatic heterocycles. The number of carbonyl (C=O) groups is 1. The van der Waals surface area contributed by atoms with Crippen molar-refractivity contribution in [2.75, 3.05) is 50.6 Å². The number of carbonyl (C=O) groups excluding carboxylic acids is 1. The molecule has 0 atom stereocenters. The van der Waals surface area contributed by atoms with Crippen molar-refractivity contribution in [3.8, 4) is 0 Å². The summed E-state index contributed by atoms with van der Waals surface area (Å²) < 4.78 is 4.73. The zero-order valence-corrected chi connectivity index (χ0v) is 14.8. The normalized spacial score (nSPS) is 15.1. The van der Waals surface area contributed by atoms with E-state index in [0.29, 0.717) is 28.0 Å². The molecule has 2 heterocycles. The Kier molecular flexibility index (Phi) is 5.30. The molecule has 1 N–H and O–H groups in total. The van der Waals surface area contributed by atoms with Gasteiger partial charge in [0.2, 0.25) is 5.95 Å². The minimum atomic E-state index is -0.432. The highest BCUT2D eigenvalue weighted by atomic mass is 35.5. The molecule has 1 aromatic carbocycles. The fraction of sp³-hybridized carbons (Fsp3) is 0.375. The number of esters is 1. The van der Waals surface area contributed by atoms with Crippen LogP contribution in [0.1, 0.15) is 10.4 Å². The Morgan fingerprint density at radius 2 is 2.04 bits per heavy atom. The largest absolute Gasteiger partial charge is 0.465 e. The maximum atomic E-state index is 11.7. The zero-order chi connectivity index (χ0) is 17.8. The lowest BCUT2D eigenvalue weighted by atomic mass is 10.2. The Hall–Kier alpha value is -2.45. The van der Waals surface area contributed by atoms with Gasteiger partial charge >= 0.3 is 5.97 Å². The second-order valence-corrected chi connectivity index (χ2v) is 6.15. The molecule has 9 heteroatoms. The molecule has 0 saturated carbocycles. The van der Waals surface area contributed by atoms with Crippen LogP contribution in [0.5, 0.6) is 0 Å². The van der Waals surface area contributed by atoms with E-state index in [9.17, 15) is 4.79 Å². The van der Waals surface area contributed by atoms with E-state index in [1.165, 1.54) is 13.3 Å². The first kappa shape index (κ1) is 17.4. The summed E-state index contributed by atoms with van der Waals surface area (Å²) in [6, 6.07) is 4.85. The van der Waals surface area contributed by atoms with Crippen molar-refractivity contribution in [2.24, 2.45) is 0 Å². The van der Waals surface area contributed by atoms with Crippen molar-refractivity contribution in [2.45, 2.75) is 0 Å². The van der Waals surface area contributed by atoms with E-state index in [1.54, 1.807) is 18.2 Å². The average Bonchev–Trinajstić information content (AvgIpc) is 2.64. The van der Waals surface area contributed by atoms with Crippen molar-refractivity contribution < 1.29 is 9.53 Å². The highest BCUT2D eigenvalue weighted by Gasteiger charge is 2.17. The van der Waals surface area contributed by atoms with E-state index >= 15 is 0 Å². The SMILES string of the molecule is COC(=O)c1ccc(Cl)c(Nc2cnnc(N3CCN(C)CC3)n2)c1. The lowest BCUT2D eigenvalue weighted by Gasteiger charge is -2.32. The monoisotopic (exact) mass is 362 g/mol. The quantitative estimate of drug-likeness (QED) is 0.824. The molecule has 25 heavy (non-hydrogen) atoms. The van der Waals surface area contributed by atoms with Crippen LogP contribution in [0.25, 0.3) is 0 Å². The maximum Gasteiger partial charge on any atom is 0.337 e. The molecule has 0 bridgehead atoms. The number of aromatic nitrogens is 3. The molecule has 1 aliphatic heterocycles. The third kappa shape index (κ3) is 4.15. The molecule has 0 radical (unpaired) electrons. The van der Waals surface area contributed by atoms with Crippen LogP contribution in [0, 0.1) is 0 Å². The summed E-state index contributed by atoms with van der Waals surface area (Å²) >= 11 is 6.20. The number of likely N-dealkylation sites (N-methyl/N-ethyl adjacent to an activating group) is 1. The van der Waals surface area contributed by atoms with Gasteiger partial charge in [0.05, 0.1) is 29.6 Å². The van der Waals surface area contributed by atoms with Crippen LogP contribution >= 0.6 is 11.6 Å². The maximum absolute atomic E-state index is 11.7. The van der Waals surface area contributed by atoms with Gasteiger partial charge in [0, 0.05) is 26.2 Å². The standard InChI is InChI=1S/C16H19ClN6O2/c1-22-5-7-23(8-6-22)16-20-14(10-18-21-16)19-13-9-11(15(24)25-2)3-4-12(13)17/h3-4,9-10H,5-8H2,1-2H3,(H,19,20,21). The van der Waals surface area contributed by atoms with Gasteiger partial charge in [0.1, 0.15) is 0 Å². The summed E-state index contributed by atoms with van der Waals surface area (Å²) in [5, 5.41) is 11.7. The van der Waals surface area contributed by atoms with Gasteiger partial charge in [-0.2, -0.15) is 10.1 Å². The summed E-state index contributed by atoms with van der Waals surface area (Å²) in [5.74, 6) is 0.643. The van der Waals surface area contributed by atoms with E-state index in [0.717, 1.165) is 26.2 Å². The summed E-state index contributed by atoms with van der Waals surface area (Å²) in [4.78, 5) is 20.5. The molecule has 132 valence electrons. The van der Waals surface area contributed by atoms with Crippen LogP contribution in [0.3, 0.4) is 0 Å². The number of benzene rings is 1. The van der Waals surface area contributed by atoms with Gasteiger partial charge < -0.3 is 19.9 Å². The highest BCUT2D eigenvalue weighted by molar-refractivity contribution is 6.33. The Morgan fingerprint density at radius 3 is 2.76 bits per heavy atom. The number of anilines is 3. The number of methoxy groups -OCH3 is 1. The van der Waals surface area contributed by atoms with Crippen LogP contribution in [-0.2, 0) is 4.74 Å². The van der Waals surface area contributed by atoms with Gasteiger partial charge in [0.25, 0.3) is 0 Å². The van der Waals surface area contributed by atoms with Crippen LogP contribution in [0.4, 0.5) is 17.5 Å². The molecular weight excluding hydrogens is 344 g/mol. The molecule has 0 unspecified atom stereocenters. The topological polar surface area (TPSA) is 83.5 Å². The number of nitrogens with zero attached hydrogens (tertiary/aromatic N) is 5. The number of rotatable bonds is 4. The number of ether oxygens (including phenoxy) is 1. The Labute approximate surface area is 150 Å². The molecule has 1 saturated heterocycles. The van der Waals surface area contributed by atoms with Gasteiger partial charge in [0.15, 0.2) is 5.82 Å². The Bertz CT molecular complexity index is 764. The van der Waals surface area contributed by atoms with Gasteiger partial charge in [-0.15, -0.1) is 5.10 Å². The second-order valence-electron chi connectivity index (χ2n) is 5.74. The molecule has 1 fully saturated rings. The third-order valence-corrected chi connectivity index (χ3v) is 4.31. The molecular formula is C16H19ClN6O2. The third-order valence-electron chi connectivity index (χ3n) is 3.98. The Morgan fingerprint density at radius 1 is 1.28 bits per heavy atom. The molecule has 3 rings (SSSR count). The van der Waals surface area contributed by atoms with E-state index in [4.69, 9.17) is 16.3 Å². The first-order valence-electron chi connectivity index (χ1n) is 7.85. The fourth-order valence-corrected chi connectivity index (χ4v) is 2.66. The fourth-order valence-electron chi connectivity index (χ4n) is 2.50. The average molecular weight is 363 g/mol. The number of nitrogens with one attached hydrogen (secondary N) is 1. The number of halogens is 1. The van der Waals surface area contributed by atoms with Crippen LogP contribution in [0.2, 0.25) is 5.02 Å². The predicted octanol–water partition coefficient (Wildman–Crippen LogP) is 1.81. The molecule has 1 aliphatic rings. The first-order chi connectivity index (χ1) is 12.1. The van der Waals surface area contributed by atoms with E-state index in [-0.39, 0.29) is 0 Å². The predicted molar refractivity (Wildman–Crippen MR) is 95.6 cm³/mol. The van der Waals surface area contributed by atoms with E-state index < -0.39 is 5.97 Å². The minimum absolute atomic E-state index is 0.399. The number of hydrogen-bond donors (Lipinski definition) is 1. The Balaban J connectivity index is 1.79.